The number of ether oxygens (including phenoxy) is 2. The van der Waals surface area contributed by atoms with Crippen LogP contribution in [0.4, 0.5) is 5.69 Å². The van der Waals surface area contributed by atoms with Gasteiger partial charge < -0.3 is 14.4 Å². The normalized spacial score (nSPS) is 16.0. The van der Waals surface area contributed by atoms with Gasteiger partial charge in [-0.2, -0.15) is 0 Å². The average Bonchev–Trinajstić information content (AvgIpc) is 3.34. The average molecular weight is 494 g/mol. The summed E-state index contributed by atoms with van der Waals surface area (Å²) in [6.45, 7) is 2.00. The number of esters is 1. The number of ketones is 1. The lowest BCUT2D eigenvalue weighted by atomic mass is 10.0. The van der Waals surface area contributed by atoms with Crippen LogP contribution in [-0.2, 0) is 14.3 Å². The first-order chi connectivity index (χ1) is 18.0. The number of fused-ring (bicyclic) bond motifs is 1. The maximum atomic E-state index is 12.9. The molecule has 0 aromatic heterocycles. The molecule has 0 spiro atoms. The number of rotatable bonds is 8. The van der Waals surface area contributed by atoms with Crippen LogP contribution >= 0.6 is 0 Å². The summed E-state index contributed by atoms with van der Waals surface area (Å²) in [6.07, 6.45) is -0.463. The SMILES string of the molecule is CC[C@H](OC(=O)[C@@H]1CC(=O)N(c2ccc(Oc3cccc4ccccc34)cc2)C1)C(=O)c1ccccc1. The number of hydrogen-bond donors (Lipinski definition) is 0. The van der Waals surface area contributed by atoms with Crippen molar-refractivity contribution in [3.63, 3.8) is 0 Å². The number of anilines is 1. The number of nitrogens with zero attached hydrogens (tertiary/aromatic N) is 1. The van der Waals surface area contributed by atoms with E-state index in [1.165, 1.54) is 0 Å². The lowest BCUT2D eigenvalue weighted by molar-refractivity contribution is -0.151. The molecular formula is C31H27NO5. The highest BCUT2D eigenvalue weighted by atomic mass is 16.5. The van der Waals surface area contributed by atoms with Crippen LogP contribution in [-0.4, -0.2) is 30.3 Å². The summed E-state index contributed by atoms with van der Waals surface area (Å²) in [5.74, 6) is -0.152. The van der Waals surface area contributed by atoms with Gasteiger partial charge in [-0.15, -0.1) is 0 Å². The number of hydrogen-bond acceptors (Lipinski definition) is 5. The molecule has 1 heterocycles. The van der Waals surface area contributed by atoms with Crippen LogP contribution in [0.2, 0.25) is 0 Å². The third-order valence-electron chi connectivity index (χ3n) is 6.56. The lowest BCUT2D eigenvalue weighted by Crippen LogP contribution is -2.31. The van der Waals surface area contributed by atoms with Crippen LogP contribution in [0.1, 0.15) is 30.1 Å². The Hall–Kier alpha value is -4.45. The zero-order valence-corrected chi connectivity index (χ0v) is 20.5. The molecule has 0 bridgehead atoms. The van der Waals surface area contributed by atoms with Gasteiger partial charge in [0.25, 0.3) is 0 Å². The minimum atomic E-state index is -0.871. The zero-order chi connectivity index (χ0) is 25.8. The lowest BCUT2D eigenvalue weighted by Gasteiger charge is -2.19. The second-order valence-corrected chi connectivity index (χ2v) is 9.04. The molecule has 1 saturated heterocycles. The molecule has 1 fully saturated rings. The van der Waals surface area contributed by atoms with Crippen molar-refractivity contribution in [2.24, 2.45) is 5.92 Å². The number of amides is 1. The van der Waals surface area contributed by atoms with E-state index in [4.69, 9.17) is 9.47 Å². The highest BCUT2D eigenvalue weighted by Gasteiger charge is 2.37. The summed E-state index contributed by atoms with van der Waals surface area (Å²) >= 11 is 0. The molecule has 4 aromatic carbocycles. The Labute approximate surface area is 215 Å². The molecule has 37 heavy (non-hydrogen) atoms. The van der Waals surface area contributed by atoms with Crippen LogP contribution in [0.5, 0.6) is 11.5 Å². The molecule has 6 nitrogen and oxygen atoms in total. The number of carbonyl (C=O) groups is 3. The molecule has 1 aliphatic heterocycles. The van der Waals surface area contributed by atoms with Crippen molar-refractivity contribution in [1.29, 1.82) is 0 Å². The third-order valence-corrected chi connectivity index (χ3v) is 6.56. The van der Waals surface area contributed by atoms with E-state index in [1.807, 2.05) is 60.7 Å². The van der Waals surface area contributed by atoms with Crippen molar-refractivity contribution in [3.8, 4) is 11.5 Å². The van der Waals surface area contributed by atoms with E-state index in [9.17, 15) is 14.4 Å². The Bertz CT molecular complexity index is 1430. The molecule has 6 heteroatoms. The van der Waals surface area contributed by atoms with E-state index in [0.29, 0.717) is 23.4 Å². The zero-order valence-electron chi connectivity index (χ0n) is 20.5. The predicted octanol–water partition coefficient (Wildman–Crippen LogP) is 6.19. The number of carbonyl (C=O) groups excluding carboxylic acids is 3. The highest BCUT2D eigenvalue weighted by molar-refractivity contribution is 6.02. The molecule has 0 radical (unpaired) electrons. The van der Waals surface area contributed by atoms with E-state index >= 15 is 0 Å². The van der Waals surface area contributed by atoms with E-state index in [2.05, 4.69) is 0 Å². The minimum Gasteiger partial charge on any atom is -0.457 e. The highest BCUT2D eigenvalue weighted by Crippen LogP contribution is 2.32. The van der Waals surface area contributed by atoms with Gasteiger partial charge in [0.1, 0.15) is 11.5 Å². The van der Waals surface area contributed by atoms with Gasteiger partial charge >= 0.3 is 5.97 Å². The third kappa shape index (κ3) is 5.23. The van der Waals surface area contributed by atoms with Gasteiger partial charge in [0, 0.05) is 29.6 Å². The molecular weight excluding hydrogens is 466 g/mol. The molecule has 0 aliphatic carbocycles. The van der Waals surface area contributed by atoms with E-state index in [-0.39, 0.29) is 24.7 Å². The first-order valence-electron chi connectivity index (χ1n) is 12.4. The van der Waals surface area contributed by atoms with E-state index in [1.54, 1.807) is 48.2 Å². The van der Waals surface area contributed by atoms with E-state index < -0.39 is 18.0 Å². The molecule has 5 rings (SSSR count). The molecule has 0 saturated carbocycles. The van der Waals surface area contributed by atoms with Gasteiger partial charge in [0.15, 0.2) is 6.10 Å². The molecule has 1 aliphatic rings. The maximum absolute atomic E-state index is 12.9. The van der Waals surface area contributed by atoms with Crippen LogP contribution < -0.4 is 9.64 Å². The maximum Gasteiger partial charge on any atom is 0.312 e. The first-order valence-corrected chi connectivity index (χ1v) is 12.4. The fourth-order valence-corrected chi connectivity index (χ4v) is 4.57. The van der Waals surface area contributed by atoms with Gasteiger partial charge in [-0.05, 0) is 42.1 Å². The van der Waals surface area contributed by atoms with Crippen molar-refractivity contribution in [3.05, 3.63) is 103 Å². The van der Waals surface area contributed by atoms with Crippen LogP contribution in [0.25, 0.3) is 10.8 Å². The Kier molecular flexibility index (Phi) is 6.99. The fourth-order valence-electron chi connectivity index (χ4n) is 4.57. The molecule has 186 valence electrons. The smallest absolute Gasteiger partial charge is 0.312 e. The summed E-state index contributed by atoms with van der Waals surface area (Å²) < 4.78 is 11.7. The summed E-state index contributed by atoms with van der Waals surface area (Å²) in [6, 6.07) is 29.9. The molecule has 1 amide bonds. The standard InChI is InChI=1S/C31H27NO5/c1-2-27(30(34)22-10-4-3-5-11-22)37-31(35)23-19-29(33)32(20-23)24-15-17-25(18-16-24)36-28-14-8-12-21-9-6-7-13-26(21)28/h3-18,23,27H,2,19-20H2,1H3/t23-,27+/m1/s1. The largest absolute Gasteiger partial charge is 0.457 e. The Morgan fingerprint density at radius 1 is 0.892 bits per heavy atom. The topological polar surface area (TPSA) is 72.9 Å². The van der Waals surface area contributed by atoms with Crippen LogP contribution in [0.3, 0.4) is 0 Å². The summed E-state index contributed by atoms with van der Waals surface area (Å²) in [7, 11) is 0. The summed E-state index contributed by atoms with van der Waals surface area (Å²) in [5, 5.41) is 2.11. The first kappa shape index (κ1) is 24.3. The van der Waals surface area contributed by atoms with Crippen molar-refractivity contribution in [2.45, 2.75) is 25.9 Å². The van der Waals surface area contributed by atoms with Gasteiger partial charge in [-0.25, -0.2) is 0 Å². The van der Waals surface area contributed by atoms with Gasteiger partial charge in [0.05, 0.1) is 5.92 Å². The van der Waals surface area contributed by atoms with Crippen molar-refractivity contribution >= 4 is 34.1 Å². The number of Topliss-reactive ketones (excluding diaryl/α,β-unsaturated/α-hetero) is 1. The monoisotopic (exact) mass is 493 g/mol. The van der Waals surface area contributed by atoms with Gasteiger partial charge in [0.2, 0.25) is 11.7 Å². The Morgan fingerprint density at radius 2 is 1.59 bits per heavy atom. The summed E-state index contributed by atoms with van der Waals surface area (Å²) in [5.41, 5.74) is 1.18. The van der Waals surface area contributed by atoms with Gasteiger partial charge in [-0.1, -0.05) is 73.7 Å². The second-order valence-electron chi connectivity index (χ2n) is 9.04. The molecule has 0 N–H and O–H groups in total. The van der Waals surface area contributed by atoms with Crippen molar-refractivity contribution in [2.75, 3.05) is 11.4 Å². The summed E-state index contributed by atoms with van der Waals surface area (Å²) in [4.78, 5) is 39.9. The molecule has 2 atom stereocenters. The molecule has 4 aromatic rings. The van der Waals surface area contributed by atoms with Crippen LogP contribution in [0.15, 0.2) is 97.1 Å². The van der Waals surface area contributed by atoms with Gasteiger partial charge in [-0.3, -0.25) is 14.4 Å². The quantitative estimate of drug-likeness (QED) is 0.216. The van der Waals surface area contributed by atoms with Crippen molar-refractivity contribution < 1.29 is 23.9 Å². The second kappa shape index (κ2) is 10.7. The van der Waals surface area contributed by atoms with Crippen molar-refractivity contribution in [1.82, 2.24) is 0 Å². The predicted molar refractivity (Wildman–Crippen MR) is 142 cm³/mol. The Balaban J connectivity index is 1.24. The van der Waals surface area contributed by atoms with E-state index in [0.717, 1.165) is 16.5 Å². The number of benzene rings is 4. The Morgan fingerprint density at radius 3 is 2.35 bits per heavy atom. The molecule has 0 unspecified atom stereocenters. The minimum absolute atomic E-state index is 0.0447. The fraction of sp³-hybridized carbons (Fsp3) is 0.194. The van der Waals surface area contributed by atoms with Crippen LogP contribution in [0, 0.1) is 5.92 Å².